The van der Waals surface area contributed by atoms with Gasteiger partial charge in [0.25, 0.3) is 0 Å². The lowest BCUT2D eigenvalue weighted by Crippen LogP contribution is -2.31. The molecule has 3 aromatic rings. The molecule has 46 heavy (non-hydrogen) atoms. The molecule has 236 valence electrons. The summed E-state index contributed by atoms with van der Waals surface area (Å²) in [7, 11) is 0. The van der Waals surface area contributed by atoms with Crippen molar-refractivity contribution in [2.45, 2.75) is 24.7 Å². The third-order valence-electron chi connectivity index (χ3n) is 5.71. The number of alkyl halides is 12. The molecule has 2 aromatic heterocycles. The summed E-state index contributed by atoms with van der Waals surface area (Å²) in [6.45, 7) is 0. The number of nitriles is 4. The van der Waals surface area contributed by atoms with Crippen LogP contribution in [0, 0.1) is 57.0 Å². The minimum Gasteiger partial charge on any atom is -0.239 e. The van der Waals surface area contributed by atoms with Crippen molar-refractivity contribution in [2.24, 2.45) is 0 Å². The molecular formula is C26H4F14N6. The SMILES string of the molecule is N#C/C(c1cc(C(F)(F)F)nc(C(F)(F)F)c1)=c1/c(F)c(C#N)/c(=C(\C#N)c2cc(C(F)(F)F)nc(C(F)(F)F)c2)c(F)c1C#N. The van der Waals surface area contributed by atoms with Crippen molar-refractivity contribution in [3.05, 3.63) is 91.4 Å². The molecule has 20 heteroatoms. The first kappa shape index (κ1) is 34.7. The third kappa shape index (κ3) is 6.51. The molecule has 2 heterocycles. The van der Waals surface area contributed by atoms with Crippen molar-refractivity contribution in [1.29, 1.82) is 21.0 Å². The normalized spacial score (nSPS) is 13.6. The summed E-state index contributed by atoms with van der Waals surface area (Å²) in [5, 5.41) is 34.9. The van der Waals surface area contributed by atoms with Crippen molar-refractivity contribution in [1.82, 2.24) is 9.97 Å². The van der Waals surface area contributed by atoms with Crippen LogP contribution in [0.25, 0.3) is 11.1 Å². The molecular weight excluding hydrogens is 662 g/mol. The lowest BCUT2D eigenvalue weighted by Gasteiger charge is -2.14. The summed E-state index contributed by atoms with van der Waals surface area (Å²) in [6.07, 6.45) is -22.5. The lowest BCUT2D eigenvalue weighted by molar-refractivity contribution is -0.151. The first-order valence-electron chi connectivity index (χ1n) is 11.2. The van der Waals surface area contributed by atoms with Crippen LogP contribution in [0.5, 0.6) is 0 Å². The van der Waals surface area contributed by atoms with Gasteiger partial charge in [0.05, 0.1) is 32.7 Å². The van der Waals surface area contributed by atoms with Crippen LogP contribution in [0.3, 0.4) is 0 Å². The van der Waals surface area contributed by atoms with Gasteiger partial charge >= 0.3 is 24.7 Å². The van der Waals surface area contributed by atoms with Crippen LogP contribution < -0.4 is 10.4 Å². The van der Waals surface area contributed by atoms with Crippen LogP contribution in [0.2, 0.25) is 0 Å². The molecule has 0 atom stereocenters. The molecule has 0 saturated heterocycles. The molecule has 3 rings (SSSR count). The highest BCUT2D eigenvalue weighted by atomic mass is 19.4. The number of rotatable bonds is 2. The molecule has 0 amide bonds. The van der Waals surface area contributed by atoms with Gasteiger partial charge in [-0.25, -0.2) is 18.7 Å². The summed E-state index contributed by atoms with van der Waals surface area (Å²) < 4.78 is 192. The molecule has 0 saturated carbocycles. The number of aromatic nitrogens is 2. The maximum Gasteiger partial charge on any atom is 0.433 e. The summed E-state index contributed by atoms with van der Waals surface area (Å²) in [4.78, 5) is 4.74. The number of halogens is 14. The summed E-state index contributed by atoms with van der Waals surface area (Å²) >= 11 is 0. The van der Waals surface area contributed by atoms with E-state index in [0.717, 1.165) is 24.3 Å². The lowest BCUT2D eigenvalue weighted by atomic mass is 9.93. The second-order valence-corrected chi connectivity index (χ2v) is 8.57. The van der Waals surface area contributed by atoms with Crippen molar-refractivity contribution < 1.29 is 61.5 Å². The molecule has 0 aliphatic heterocycles. The minimum absolute atomic E-state index is 0.215. The fourth-order valence-electron chi connectivity index (χ4n) is 3.83. The fraction of sp³-hybridized carbons (Fsp3) is 0.154. The van der Waals surface area contributed by atoms with Crippen LogP contribution >= 0.6 is 0 Å². The van der Waals surface area contributed by atoms with E-state index < -0.39 is 103 Å². The topological polar surface area (TPSA) is 121 Å². The van der Waals surface area contributed by atoms with E-state index in [-0.39, 0.29) is 24.3 Å². The number of pyridine rings is 2. The van der Waals surface area contributed by atoms with Gasteiger partial charge < -0.3 is 0 Å². The first-order valence-corrected chi connectivity index (χ1v) is 11.2. The monoisotopic (exact) mass is 666 g/mol. The Bertz CT molecular complexity index is 1850. The van der Waals surface area contributed by atoms with Gasteiger partial charge in [0, 0.05) is 0 Å². The first-order chi connectivity index (χ1) is 21.0. The average molecular weight is 666 g/mol. The maximum absolute atomic E-state index is 15.8. The van der Waals surface area contributed by atoms with E-state index in [2.05, 4.69) is 9.97 Å². The zero-order valence-corrected chi connectivity index (χ0v) is 21.3. The van der Waals surface area contributed by atoms with Gasteiger partial charge in [-0.2, -0.15) is 73.7 Å². The maximum atomic E-state index is 15.8. The van der Waals surface area contributed by atoms with E-state index in [4.69, 9.17) is 0 Å². The third-order valence-corrected chi connectivity index (χ3v) is 5.71. The Kier molecular flexibility index (Phi) is 8.78. The molecule has 0 fully saturated rings. The largest absolute Gasteiger partial charge is 0.433 e. The van der Waals surface area contributed by atoms with Crippen molar-refractivity contribution in [2.75, 3.05) is 0 Å². The molecule has 1 aromatic carbocycles. The smallest absolute Gasteiger partial charge is 0.239 e. The zero-order chi connectivity index (χ0) is 35.2. The van der Waals surface area contributed by atoms with Gasteiger partial charge in [0.2, 0.25) is 0 Å². The zero-order valence-electron chi connectivity index (χ0n) is 21.3. The quantitative estimate of drug-likeness (QED) is 0.309. The van der Waals surface area contributed by atoms with E-state index >= 15 is 8.78 Å². The van der Waals surface area contributed by atoms with Crippen molar-refractivity contribution in [3.8, 4) is 24.3 Å². The van der Waals surface area contributed by atoms with Crippen molar-refractivity contribution in [3.63, 3.8) is 0 Å². The predicted molar refractivity (Wildman–Crippen MR) is 120 cm³/mol. The van der Waals surface area contributed by atoms with Gasteiger partial charge in [-0.05, 0) is 35.4 Å². The Hall–Kier alpha value is -5.76. The second-order valence-electron chi connectivity index (χ2n) is 8.57. The van der Waals surface area contributed by atoms with Gasteiger partial charge in [0.15, 0.2) is 11.6 Å². The molecule has 0 aliphatic carbocycles. The van der Waals surface area contributed by atoms with Crippen LogP contribution in [-0.2, 0) is 24.7 Å². The predicted octanol–water partition coefficient (Wildman–Crippen LogP) is 6.02. The van der Waals surface area contributed by atoms with Crippen LogP contribution in [0.15, 0.2) is 24.3 Å². The molecule has 0 N–H and O–H groups in total. The summed E-state index contributed by atoms with van der Waals surface area (Å²) in [5.74, 6) is -4.53. The fourth-order valence-corrected chi connectivity index (χ4v) is 3.83. The van der Waals surface area contributed by atoms with E-state index in [0.29, 0.717) is 0 Å². The molecule has 0 unspecified atom stereocenters. The van der Waals surface area contributed by atoms with E-state index in [1.165, 1.54) is 0 Å². The Balaban J connectivity index is 2.70. The summed E-state index contributed by atoms with van der Waals surface area (Å²) in [6, 6.07) is 2.95. The Morgan fingerprint density at radius 3 is 0.891 bits per heavy atom. The molecule has 0 spiro atoms. The molecule has 0 radical (unpaired) electrons. The second kappa shape index (κ2) is 11.6. The van der Waals surface area contributed by atoms with Gasteiger partial charge in [0.1, 0.15) is 47.1 Å². The highest BCUT2D eigenvalue weighted by Gasteiger charge is 2.41. The number of hydrogen-bond acceptors (Lipinski definition) is 6. The van der Waals surface area contributed by atoms with E-state index in [1.54, 1.807) is 0 Å². The van der Waals surface area contributed by atoms with E-state index in [1.807, 2.05) is 0 Å². The van der Waals surface area contributed by atoms with Gasteiger partial charge in [-0.3, -0.25) is 0 Å². The van der Waals surface area contributed by atoms with Gasteiger partial charge in [-0.15, -0.1) is 0 Å². The average Bonchev–Trinajstić information content (AvgIpc) is 2.94. The minimum atomic E-state index is -5.62. The Labute approximate surface area is 244 Å². The highest BCUT2D eigenvalue weighted by Crippen LogP contribution is 2.36. The highest BCUT2D eigenvalue weighted by molar-refractivity contribution is 5.81. The molecule has 0 bridgehead atoms. The van der Waals surface area contributed by atoms with Gasteiger partial charge in [-0.1, -0.05) is 0 Å². The standard InChI is InChI=1S/C26H4F14N6/c27-21-14(8-44)20(12(6-42)10-3-17(25(35,36)37)46-18(4-10)26(38,39)40)22(28)13(7-43)19(21)11(5-41)9-1-15(23(29,30)31)45-16(2-9)24(32,33)34/h1-4H/b19-11-,20-12-. The molecule has 0 aliphatic rings. The summed E-state index contributed by atoms with van der Waals surface area (Å²) in [5.41, 5.74) is -18.9. The molecule has 6 nitrogen and oxygen atoms in total. The number of benzene rings is 1. The Morgan fingerprint density at radius 2 is 0.717 bits per heavy atom. The van der Waals surface area contributed by atoms with Crippen LogP contribution in [0.4, 0.5) is 61.5 Å². The number of nitrogens with zero attached hydrogens (tertiary/aromatic N) is 6. The van der Waals surface area contributed by atoms with E-state index in [9.17, 15) is 73.7 Å². The number of hydrogen-bond donors (Lipinski definition) is 0. The Morgan fingerprint density at radius 1 is 0.478 bits per heavy atom. The van der Waals surface area contributed by atoms with Crippen molar-refractivity contribution >= 4 is 11.1 Å². The van der Waals surface area contributed by atoms with Crippen LogP contribution in [0.1, 0.15) is 45.0 Å². The van der Waals surface area contributed by atoms with Crippen LogP contribution in [-0.4, -0.2) is 9.97 Å².